The Morgan fingerprint density at radius 1 is 0.938 bits per heavy atom. The molecule has 0 radical (unpaired) electrons. The summed E-state index contributed by atoms with van der Waals surface area (Å²) < 4.78 is 31.0. The molecule has 1 aliphatic heterocycles. The van der Waals surface area contributed by atoms with Crippen LogP contribution in [0.2, 0.25) is 0 Å². The highest BCUT2D eigenvalue weighted by Crippen LogP contribution is 2.73. The largest absolute Gasteiger partial charge is 0.395 e. The van der Waals surface area contributed by atoms with E-state index in [2.05, 4.69) is 20.8 Å². The first-order chi connectivity index (χ1) is 15.1. The Labute approximate surface area is 191 Å². The second-order valence-corrected chi connectivity index (χ2v) is 11.5. The van der Waals surface area contributed by atoms with E-state index in [0.717, 1.165) is 30.4 Å². The first kappa shape index (κ1) is 24.1. The maximum Gasteiger partial charge on any atom is 0.297 e. The predicted octanol–water partition coefficient (Wildman–Crippen LogP) is 1.66. The second-order valence-electron chi connectivity index (χ2n) is 10.0. The van der Waals surface area contributed by atoms with Gasteiger partial charge >= 0.3 is 0 Å². The molecule has 1 heterocycles. The number of aliphatic hydroxyl groups is 3. The van der Waals surface area contributed by atoms with Crippen LogP contribution in [0.4, 0.5) is 0 Å². The topological polar surface area (TPSA) is 107 Å². The van der Waals surface area contributed by atoms with E-state index in [4.69, 9.17) is 19.5 Å². The monoisotopic (exact) mass is 467 g/mol. The third-order valence-electron chi connectivity index (χ3n) is 8.06. The van der Waals surface area contributed by atoms with Crippen LogP contribution in [0.15, 0.2) is 4.90 Å². The molecule has 4 aliphatic rings. The summed E-state index contributed by atoms with van der Waals surface area (Å²) in [4.78, 5) is 2.37. The van der Waals surface area contributed by atoms with Gasteiger partial charge in [-0.25, -0.2) is 0 Å². The summed E-state index contributed by atoms with van der Waals surface area (Å²) in [6, 6.07) is 0. The molecule has 32 heavy (non-hydrogen) atoms. The zero-order valence-electron chi connectivity index (χ0n) is 19.6. The zero-order valence-corrected chi connectivity index (χ0v) is 20.4. The van der Waals surface area contributed by atoms with Crippen molar-refractivity contribution in [3.8, 4) is 0 Å². The Morgan fingerprint density at radius 2 is 1.50 bits per heavy atom. The summed E-state index contributed by atoms with van der Waals surface area (Å²) in [5, 5.41) is 25.5. The highest BCUT2D eigenvalue weighted by molar-refractivity contribution is 7.87. The predicted molar refractivity (Wildman–Crippen MR) is 122 cm³/mol. The molecule has 180 valence electrons. The molecule has 5 atom stereocenters. The molecule has 0 amide bonds. The van der Waals surface area contributed by atoms with Crippen LogP contribution >= 0.6 is 0 Å². The van der Waals surface area contributed by atoms with Gasteiger partial charge in [-0.2, -0.15) is 8.42 Å². The first-order valence-corrected chi connectivity index (χ1v) is 13.2. The molecule has 7 nitrogen and oxygen atoms in total. The van der Waals surface area contributed by atoms with Crippen molar-refractivity contribution in [3.05, 3.63) is 27.8 Å². The highest BCUT2D eigenvalue weighted by atomic mass is 32.2. The number of hydrogen-bond acceptors (Lipinski definition) is 7. The molecule has 1 spiro atoms. The molecule has 0 bridgehead atoms. The summed E-state index contributed by atoms with van der Waals surface area (Å²) in [6.07, 6.45) is 2.76. The highest BCUT2D eigenvalue weighted by Gasteiger charge is 2.67. The average Bonchev–Trinajstić information content (AvgIpc) is 3.40. The molecule has 0 aromatic heterocycles. The molecule has 3 N–H and O–H groups in total. The molecule has 1 aromatic rings. The quantitative estimate of drug-likeness (QED) is 0.546. The van der Waals surface area contributed by atoms with Crippen LogP contribution in [0.5, 0.6) is 0 Å². The van der Waals surface area contributed by atoms with Crippen molar-refractivity contribution >= 4 is 10.1 Å². The fourth-order valence-electron chi connectivity index (χ4n) is 6.53. The number of fused-ring (bicyclic) bond motifs is 7. The van der Waals surface area contributed by atoms with E-state index in [0.29, 0.717) is 42.3 Å². The maximum absolute atomic E-state index is 12.8. The third kappa shape index (κ3) is 3.54. The van der Waals surface area contributed by atoms with E-state index in [-0.39, 0.29) is 31.3 Å². The van der Waals surface area contributed by atoms with Gasteiger partial charge in [-0.3, -0.25) is 9.08 Å². The molecule has 1 saturated carbocycles. The van der Waals surface area contributed by atoms with Crippen LogP contribution in [0, 0.1) is 5.92 Å². The zero-order chi connectivity index (χ0) is 23.4. The van der Waals surface area contributed by atoms with Crippen molar-refractivity contribution in [1.29, 1.82) is 0 Å². The Hall–Kier alpha value is -1.03. The van der Waals surface area contributed by atoms with Crippen molar-refractivity contribution in [2.24, 2.45) is 5.92 Å². The van der Waals surface area contributed by atoms with Crippen molar-refractivity contribution in [1.82, 2.24) is 4.90 Å². The lowest BCUT2D eigenvalue weighted by Gasteiger charge is -2.49. The van der Waals surface area contributed by atoms with Crippen LogP contribution in [0.25, 0.3) is 0 Å². The first-order valence-electron chi connectivity index (χ1n) is 11.8. The minimum Gasteiger partial charge on any atom is -0.395 e. The molecule has 5 rings (SSSR count). The van der Waals surface area contributed by atoms with E-state index in [1.54, 1.807) is 4.90 Å². The Morgan fingerprint density at radius 3 is 1.97 bits per heavy atom. The van der Waals surface area contributed by atoms with Crippen LogP contribution in [0.1, 0.15) is 73.8 Å². The molecule has 1 fully saturated rings. The standard InChI is InChI=1S/C18H22O3S.C6H15NO3/c1-8-5-12-14(8)13-6-10(3)21-22(19,20)17(13)16-15(12)11(4)18(16)7-9(18)2;8-4-1-7(2-5-9)3-6-10/h8-11H,5-7H2,1-4H3;8-10H,1-6H2. The van der Waals surface area contributed by atoms with E-state index >= 15 is 0 Å². The minimum atomic E-state index is -3.60. The van der Waals surface area contributed by atoms with Gasteiger partial charge in [-0.15, -0.1) is 0 Å². The van der Waals surface area contributed by atoms with Crippen molar-refractivity contribution < 1.29 is 27.9 Å². The van der Waals surface area contributed by atoms with Crippen LogP contribution < -0.4 is 0 Å². The smallest absolute Gasteiger partial charge is 0.297 e. The normalized spacial score (nSPS) is 32.8. The molecule has 8 heteroatoms. The Bertz CT molecular complexity index is 979. The van der Waals surface area contributed by atoms with E-state index in [1.165, 1.54) is 16.7 Å². The van der Waals surface area contributed by atoms with Crippen molar-refractivity contribution in [3.63, 3.8) is 0 Å². The number of rotatable bonds is 6. The van der Waals surface area contributed by atoms with Crippen LogP contribution in [-0.2, 0) is 32.6 Å². The molecule has 5 unspecified atom stereocenters. The lowest BCUT2D eigenvalue weighted by Crippen LogP contribution is -2.42. The summed E-state index contributed by atoms with van der Waals surface area (Å²) >= 11 is 0. The third-order valence-corrected chi connectivity index (χ3v) is 9.60. The fourth-order valence-corrected chi connectivity index (χ4v) is 8.17. The van der Waals surface area contributed by atoms with Gasteiger partial charge in [0.2, 0.25) is 0 Å². The van der Waals surface area contributed by atoms with Gasteiger partial charge < -0.3 is 15.3 Å². The summed E-state index contributed by atoms with van der Waals surface area (Å²) in [5.74, 6) is 1.61. The lowest BCUT2D eigenvalue weighted by atomic mass is 9.57. The van der Waals surface area contributed by atoms with Gasteiger partial charge in [0.25, 0.3) is 10.1 Å². The number of aliphatic hydroxyl groups excluding tert-OH is 3. The lowest BCUT2D eigenvalue weighted by molar-refractivity contribution is 0.136. The molecule has 0 saturated heterocycles. The summed E-state index contributed by atoms with van der Waals surface area (Å²) in [5.41, 5.74) is 6.55. The fraction of sp³-hybridized carbons (Fsp3) is 0.750. The summed E-state index contributed by atoms with van der Waals surface area (Å²) in [7, 11) is -3.60. The van der Waals surface area contributed by atoms with Gasteiger partial charge in [0.15, 0.2) is 0 Å². The van der Waals surface area contributed by atoms with Crippen molar-refractivity contribution in [2.75, 3.05) is 39.5 Å². The average molecular weight is 468 g/mol. The van der Waals surface area contributed by atoms with Gasteiger partial charge in [0.1, 0.15) is 4.90 Å². The van der Waals surface area contributed by atoms with Crippen molar-refractivity contribution in [2.45, 2.75) is 75.2 Å². The minimum absolute atomic E-state index is 0.0694. The van der Waals surface area contributed by atoms with E-state index < -0.39 is 10.1 Å². The van der Waals surface area contributed by atoms with E-state index in [1.807, 2.05) is 6.92 Å². The number of nitrogens with zero attached hydrogens (tertiary/aromatic N) is 1. The maximum atomic E-state index is 12.8. The van der Waals surface area contributed by atoms with Crippen LogP contribution in [-0.4, -0.2) is 74.2 Å². The molecular formula is C24H37NO6S. The molecule has 3 aliphatic carbocycles. The second kappa shape index (κ2) is 8.64. The Kier molecular flexibility index (Phi) is 6.51. The molecule has 1 aromatic carbocycles. The Balaban J connectivity index is 0.000000211. The number of hydrogen-bond donors (Lipinski definition) is 3. The van der Waals surface area contributed by atoms with Gasteiger partial charge in [0.05, 0.1) is 25.9 Å². The van der Waals surface area contributed by atoms with Gasteiger partial charge in [-0.1, -0.05) is 20.8 Å². The van der Waals surface area contributed by atoms with Gasteiger partial charge in [-0.05, 0) is 65.3 Å². The van der Waals surface area contributed by atoms with Crippen LogP contribution in [0.3, 0.4) is 0 Å². The molecular weight excluding hydrogens is 430 g/mol. The SMILES string of the molecule is CC1Cc2c3c(c4c(c2S(=O)(=O)O1)C1(CC1C)C4C)CC3C.OCCN(CCO)CCO. The number of benzene rings is 1. The van der Waals surface area contributed by atoms with E-state index in [9.17, 15) is 8.42 Å². The van der Waals surface area contributed by atoms with Gasteiger partial charge in [0, 0.05) is 31.5 Å². The summed E-state index contributed by atoms with van der Waals surface area (Å²) in [6.45, 7) is 10.4.